The molecule has 0 bridgehead atoms. The van der Waals surface area contributed by atoms with Crippen molar-refractivity contribution in [1.82, 2.24) is 9.55 Å². The fourth-order valence-electron chi connectivity index (χ4n) is 3.72. The van der Waals surface area contributed by atoms with Crippen LogP contribution >= 0.6 is 0 Å². The zero-order chi connectivity index (χ0) is 18.3. The van der Waals surface area contributed by atoms with Gasteiger partial charge in [0, 0.05) is 0 Å². The summed E-state index contributed by atoms with van der Waals surface area (Å²) in [5.41, 5.74) is 8.65. The van der Waals surface area contributed by atoms with Gasteiger partial charge in [-0.15, -0.1) is 0 Å². The van der Waals surface area contributed by atoms with E-state index < -0.39 is 0 Å². The van der Waals surface area contributed by atoms with E-state index in [9.17, 15) is 0 Å². The van der Waals surface area contributed by atoms with Gasteiger partial charge >= 0.3 is 155 Å². The first-order valence-corrected chi connectivity index (χ1v) is 9.05. The third kappa shape index (κ3) is 2.90. The molecule has 0 radical (unpaired) electrons. The first kappa shape index (κ1) is 16.8. The normalized spacial score (nSPS) is 14.8. The van der Waals surface area contributed by atoms with Crippen LogP contribution in [0, 0.1) is 6.92 Å². The van der Waals surface area contributed by atoms with Crippen molar-refractivity contribution in [3.63, 3.8) is 0 Å². The summed E-state index contributed by atoms with van der Waals surface area (Å²) >= 11 is 0. The maximum absolute atomic E-state index is 5.88. The summed E-state index contributed by atoms with van der Waals surface area (Å²) < 4.78 is 8.17. The van der Waals surface area contributed by atoms with Crippen LogP contribution in [0.3, 0.4) is 0 Å². The van der Waals surface area contributed by atoms with Crippen molar-refractivity contribution in [2.24, 2.45) is 0 Å². The van der Waals surface area contributed by atoms with E-state index in [1.807, 2.05) is 18.3 Å². The summed E-state index contributed by atoms with van der Waals surface area (Å²) in [6.07, 6.45) is 4.07. The molecule has 0 aromatic carbocycles. The number of ether oxygens (including phenoxy) is 1. The van der Waals surface area contributed by atoms with Crippen molar-refractivity contribution in [3.8, 4) is 0 Å². The van der Waals surface area contributed by atoms with E-state index >= 15 is 0 Å². The Kier molecular flexibility index (Phi) is 4.27. The van der Waals surface area contributed by atoms with E-state index in [-0.39, 0.29) is 0 Å². The summed E-state index contributed by atoms with van der Waals surface area (Å²) in [4.78, 5) is 4.48. The van der Waals surface area contributed by atoms with Crippen molar-refractivity contribution in [1.29, 1.82) is 0 Å². The predicted octanol–water partition coefficient (Wildman–Crippen LogP) is 4.83. The standard InChI is InChI=1S/C22H23BN2O/c1-14-11-25(12-19-7-5-6-8-24-19)20-9-18(10-23-22(14)20)21-16(3)15(2)13-26-17(21)4/h5-11H,12-13H2,1-4H3. The number of pyridine rings is 1. The summed E-state index contributed by atoms with van der Waals surface area (Å²) in [6, 6.07) is 8.35. The molecule has 4 heteroatoms. The molecule has 0 atom stereocenters. The molecule has 130 valence electrons. The average Bonchev–Trinajstić information content (AvgIpc) is 2.95. The van der Waals surface area contributed by atoms with Gasteiger partial charge in [-0.2, -0.15) is 0 Å². The van der Waals surface area contributed by atoms with Crippen LogP contribution in [0.15, 0.2) is 59.5 Å². The van der Waals surface area contributed by atoms with Gasteiger partial charge in [0.1, 0.15) is 0 Å². The zero-order valence-electron chi connectivity index (χ0n) is 15.8. The molecule has 0 unspecified atom stereocenters. The second kappa shape index (κ2) is 6.60. The van der Waals surface area contributed by atoms with Gasteiger partial charge in [-0.1, -0.05) is 0 Å². The SMILES string of the molecule is CC1=C(C)C(c2cbc3c(C)cn(Cc4ccccn4)c3c2)=C(C)OC1. The van der Waals surface area contributed by atoms with E-state index in [2.05, 4.69) is 68.4 Å². The van der Waals surface area contributed by atoms with Crippen molar-refractivity contribution in [2.75, 3.05) is 6.61 Å². The number of aromatic nitrogens is 2. The number of hydrogen-bond donors (Lipinski definition) is 0. The van der Waals surface area contributed by atoms with Crippen LogP contribution in [0.5, 0.6) is 0 Å². The molecule has 0 fully saturated rings. The summed E-state index contributed by atoms with van der Waals surface area (Å²) in [6.45, 7) is 12.3. The Morgan fingerprint density at radius 3 is 2.81 bits per heavy atom. The molecule has 0 aliphatic carbocycles. The molecule has 3 aromatic rings. The fraction of sp³-hybridized carbons (Fsp3) is 0.273. The first-order valence-electron chi connectivity index (χ1n) is 9.05. The number of allylic oxidation sites excluding steroid dienone is 3. The number of rotatable bonds is 3. The molecule has 4 heterocycles. The second-order valence-electron chi connectivity index (χ2n) is 7.12. The number of aryl methyl sites for hydroxylation is 1. The van der Waals surface area contributed by atoms with Crippen LogP contribution in [0.4, 0.5) is 0 Å². The molecule has 0 amide bonds. The van der Waals surface area contributed by atoms with Gasteiger partial charge in [-0.25, -0.2) is 0 Å². The Labute approximate surface area is 155 Å². The van der Waals surface area contributed by atoms with Crippen molar-refractivity contribution < 1.29 is 4.74 Å². The Morgan fingerprint density at radius 2 is 2.04 bits per heavy atom. The van der Waals surface area contributed by atoms with E-state index in [0.717, 1.165) is 18.0 Å². The molecule has 26 heavy (non-hydrogen) atoms. The molecule has 3 aromatic heterocycles. The van der Waals surface area contributed by atoms with Crippen molar-refractivity contribution in [2.45, 2.75) is 34.2 Å². The monoisotopic (exact) mass is 342 g/mol. The maximum atomic E-state index is 5.88. The van der Waals surface area contributed by atoms with Crippen molar-refractivity contribution >= 4 is 23.3 Å². The van der Waals surface area contributed by atoms with Crippen LogP contribution < -0.4 is 0 Å². The minimum absolute atomic E-state index is 0.693. The Morgan fingerprint density at radius 1 is 1.19 bits per heavy atom. The molecule has 1 aliphatic rings. The van der Waals surface area contributed by atoms with E-state index in [0.29, 0.717) is 6.61 Å². The molecule has 1 aliphatic heterocycles. The van der Waals surface area contributed by atoms with Gasteiger partial charge in [-0.3, -0.25) is 0 Å². The molecule has 0 spiro atoms. The minimum atomic E-state index is 0.693. The Balaban J connectivity index is 1.83. The Bertz CT molecular complexity index is 1040. The number of nitrogens with zero attached hydrogens (tertiary/aromatic N) is 2. The molecule has 0 saturated heterocycles. The molecule has 3 nitrogen and oxygen atoms in total. The van der Waals surface area contributed by atoms with E-state index in [1.54, 1.807) is 0 Å². The summed E-state index contributed by atoms with van der Waals surface area (Å²) in [7, 11) is 0. The average molecular weight is 342 g/mol. The molecule has 4 rings (SSSR count). The van der Waals surface area contributed by atoms with Gasteiger partial charge in [0.05, 0.1) is 0 Å². The van der Waals surface area contributed by atoms with Gasteiger partial charge < -0.3 is 0 Å². The van der Waals surface area contributed by atoms with Crippen LogP contribution in [0.2, 0.25) is 0 Å². The van der Waals surface area contributed by atoms with Gasteiger partial charge in [0.25, 0.3) is 0 Å². The number of hydrogen-bond acceptors (Lipinski definition) is 2. The first-order chi connectivity index (χ1) is 12.5. The van der Waals surface area contributed by atoms with Gasteiger partial charge in [-0.05, 0) is 0 Å². The topological polar surface area (TPSA) is 27.1 Å². The Hall–Kier alpha value is -2.62. The zero-order valence-corrected chi connectivity index (χ0v) is 15.8. The summed E-state index contributed by atoms with van der Waals surface area (Å²) in [5.74, 6) is 3.22. The fourth-order valence-corrected chi connectivity index (χ4v) is 3.72. The second-order valence-corrected chi connectivity index (χ2v) is 7.12. The molecular weight excluding hydrogens is 319 g/mol. The molecular formula is C22H23BN2O. The predicted molar refractivity (Wildman–Crippen MR) is 108 cm³/mol. The molecule has 0 saturated carbocycles. The third-order valence-electron chi connectivity index (χ3n) is 5.30. The third-order valence-corrected chi connectivity index (χ3v) is 5.30. The quantitative estimate of drug-likeness (QED) is 0.682. The van der Waals surface area contributed by atoms with E-state index in [1.165, 1.54) is 38.6 Å². The van der Waals surface area contributed by atoms with Crippen LogP contribution in [0.1, 0.15) is 37.6 Å². The van der Waals surface area contributed by atoms with Gasteiger partial charge in [0.15, 0.2) is 0 Å². The van der Waals surface area contributed by atoms with E-state index in [4.69, 9.17) is 4.74 Å². The van der Waals surface area contributed by atoms with Crippen LogP contribution in [-0.2, 0) is 11.3 Å². The van der Waals surface area contributed by atoms with Crippen LogP contribution in [0.25, 0.3) is 16.4 Å². The molecule has 0 N–H and O–H groups in total. The number of fused-ring (bicyclic) bond motifs is 1. The summed E-state index contributed by atoms with van der Waals surface area (Å²) in [5, 5.41) is 1.29. The van der Waals surface area contributed by atoms with Crippen LogP contribution in [-0.4, -0.2) is 23.1 Å². The van der Waals surface area contributed by atoms with Crippen molar-refractivity contribution in [3.05, 3.63) is 76.3 Å². The van der Waals surface area contributed by atoms with Gasteiger partial charge in [0.2, 0.25) is 0 Å².